The Hall–Kier alpha value is -2.85. The van der Waals surface area contributed by atoms with E-state index < -0.39 is 5.97 Å². The fourth-order valence-electron chi connectivity index (χ4n) is 2.52. The highest BCUT2D eigenvalue weighted by Crippen LogP contribution is 2.25. The van der Waals surface area contributed by atoms with Crippen LogP contribution in [0.25, 0.3) is 0 Å². The second-order valence-corrected chi connectivity index (χ2v) is 8.34. The van der Waals surface area contributed by atoms with E-state index in [0.717, 1.165) is 11.3 Å². The van der Waals surface area contributed by atoms with Gasteiger partial charge in [0, 0.05) is 7.05 Å². The molecule has 1 N–H and O–H groups in total. The van der Waals surface area contributed by atoms with Crippen LogP contribution in [0, 0.1) is 13.8 Å². The average Bonchev–Trinajstić information content (AvgIpc) is 3.33. The molecule has 0 spiro atoms. The molecule has 0 unspecified atom stereocenters. The van der Waals surface area contributed by atoms with Crippen LogP contribution in [0.5, 0.6) is 5.75 Å². The Morgan fingerprint density at radius 1 is 1.20 bits per heavy atom. The Balaban J connectivity index is 1.54. The maximum atomic E-state index is 12.3. The van der Waals surface area contributed by atoms with Gasteiger partial charge >= 0.3 is 5.97 Å². The summed E-state index contributed by atoms with van der Waals surface area (Å²) >= 11 is 2.52. The SMILES string of the molecule is COC(=O)c1ccsc1NC(=O)CSc1nnc(COc2ccc(C)c(C)c2)n1C. The first-order valence-corrected chi connectivity index (χ1v) is 10.9. The number of carbonyl (C=O) groups is 2. The number of amides is 1. The molecule has 3 rings (SSSR count). The molecule has 0 aliphatic rings. The van der Waals surface area contributed by atoms with Gasteiger partial charge in [-0.2, -0.15) is 0 Å². The molecule has 0 aliphatic carbocycles. The number of nitrogens with zero attached hydrogens (tertiary/aromatic N) is 3. The number of hydrogen-bond acceptors (Lipinski definition) is 8. The monoisotopic (exact) mass is 446 g/mol. The molecule has 0 saturated carbocycles. The molecule has 8 nitrogen and oxygen atoms in total. The summed E-state index contributed by atoms with van der Waals surface area (Å²) in [5, 5.41) is 13.8. The van der Waals surface area contributed by atoms with Crippen LogP contribution in [-0.2, 0) is 23.2 Å². The number of methoxy groups -OCH3 is 1. The number of benzene rings is 1. The number of aromatic nitrogens is 3. The summed E-state index contributed by atoms with van der Waals surface area (Å²) < 4.78 is 12.3. The van der Waals surface area contributed by atoms with Gasteiger partial charge in [0.1, 0.15) is 17.4 Å². The summed E-state index contributed by atoms with van der Waals surface area (Å²) in [7, 11) is 3.13. The molecule has 2 heterocycles. The van der Waals surface area contributed by atoms with Crippen molar-refractivity contribution in [1.29, 1.82) is 0 Å². The van der Waals surface area contributed by atoms with Crippen molar-refractivity contribution in [2.75, 3.05) is 18.2 Å². The van der Waals surface area contributed by atoms with Crippen LogP contribution in [0.4, 0.5) is 5.00 Å². The van der Waals surface area contributed by atoms with E-state index in [9.17, 15) is 9.59 Å². The van der Waals surface area contributed by atoms with Crippen LogP contribution in [-0.4, -0.2) is 39.5 Å². The fourth-order valence-corrected chi connectivity index (χ4v) is 4.04. The van der Waals surface area contributed by atoms with Crippen molar-refractivity contribution in [3.05, 3.63) is 52.2 Å². The van der Waals surface area contributed by atoms with E-state index in [1.165, 1.54) is 35.8 Å². The van der Waals surface area contributed by atoms with Crippen LogP contribution in [0.15, 0.2) is 34.8 Å². The van der Waals surface area contributed by atoms with Crippen molar-refractivity contribution >= 4 is 40.0 Å². The third-order valence-corrected chi connectivity index (χ3v) is 6.28. The van der Waals surface area contributed by atoms with E-state index in [1.807, 2.05) is 32.2 Å². The molecular formula is C20H22N4O4S2. The number of ether oxygens (including phenoxy) is 2. The maximum absolute atomic E-state index is 12.3. The second-order valence-electron chi connectivity index (χ2n) is 6.48. The first-order valence-electron chi connectivity index (χ1n) is 9.05. The zero-order valence-corrected chi connectivity index (χ0v) is 18.7. The molecule has 1 amide bonds. The van der Waals surface area contributed by atoms with Crippen molar-refractivity contribution in [3.63, 3.8) is 0 Å². The number of esters is 1. The quantitative estimate of drug-likeness (QED) is 0.417. The van der Waals surface area contributed by atoms with E-state index in [4.69, 9.17) is 9.47 Å². The first kappa shape index (κ1) is 21.8. The van der Waals surface area contributed by atoms with E-state index in [2.05, 4.69) is 22.4 Å². The highest BCUT2D eigenvalue weighted by Gasteiger charge is 2.17. The van der Waals surface area contributed by atoms with Crippen LogP contribution < -0.4 is 10.1 Å². The van der Waals surface area contributed by atoms with Crippen molar-refractivity contribution < 1.29 is 19.1 Å². The number of thiophene rings is 1. The molecule has 1 aromatic carbocycles. The van der Waals surface area contributed by atoms with Gasteiger partial charge in [0.05, 0.1) is 18.4 Å². The second kappa shape index (κ2) is 9.77. The van der Waals surface area contributed by atoms with Gasteiger partial charge in [0.2, 0.25) is 5.91 Å². The highest BCUT2D eigenvalue weighted by molar-refractivity contribution is 7.99. The minimum atomic E-state index is -0.485. The number of anilines is 1. The van der Waals surface area contributed by atoms with E-state index in [0.29, 0.717) is 21.5 Å². The number of aryl methyl sites for hydroxylation is 2. The number of carbonyl (C=O) groups excluding carboxylic acids is 2. The number of rotatable bonds is 8. The zero-order chi connectivity index (χ0) is 21.7. The molecule has 0 bridgehead atoms. The predicted octanol–water partition coefficient (Wildman–Crippen LogP) is 3.59. The van der Waals surface area contributed by atoms with Gasteiger partial charge in [-0.25, -0.2) is 4.79 Å². The fraction of sp³-hybridized carbons (Fsp3) is 0.300. The Kier molecular flexibility index (Phi) is 7.11. The summed E-state index contributed by atoms with van der Waals surface area (Å²) in [4.78, 5) is 24.0. The largest absolute Gasteiger partial charge is 0.486 e. The molecular weight excluding hydrogens is 424 g/mol. The van der Waals surface area contributed by atoms with Gasteiger partial charge < -0.3 is 19.4 Å². The topological polar surface area (TPSA) is 95.3 Å². The molecule has 0 atom stereocenters. The number of thioether (sulfide) groups is 1. The van der Waals surface area contributed by atoms with Gasteiger partial charge in [0.15, 0.2) is 11.0 Å². The minimum absolute atomic E-state index is 0.127. The van der Waals surface area contributed by atoms with Gasteiger partial charge in [0.25, 0.3) is 0 Å². The van der Waals surface area contributed by atoms with Gasteiger partial charge in [-0.15, -0.1) is 21.5 Å². The van der Waals surface area contributed by atoms with Crippen LogP contribution in [0.2, 0.25) is 0 Å². The molecule has 30 heavy (non-hydrogen) atoms. The Morgan fingerprint density at radius 3 is 2.73 bits per heavy atom. The van der Waals surface area contributed by atoms with Gasteiger partial charge in [-0.3, -0.25) is 4.79 Å². The zero-order valence-electron chi connectivity index (χ0n) is 17.1. The van der Waals surface area contributed by atoms with Crippen LogP contribution in [0.3, 0.4) is 0 Å². The lowest BCUT2D eigenvalue weighted by atomic mass is 10.1. The number of nitrogens with one attached hydrogen (secondary N) is 1. The van der Waals surface area contributed by atoms with Crippen LogP contribution >= 0.6 is 23.1 Å². The van der Waals surface area contributed by atoms with E-state index in [1.54, 1.807) is 16.0 Å². The summed E-state index contributed by atoms with van der Waals surface area (Å²) in [5.74, 6) is 0.821. The predicted molar refractivity (Wildman–Crippen MR) is 116 cm³/mol. The van der Waals surface area contributed by atoms with Crippen molar-refractivity contribution in [2.24, 2.45) is 7.05 Å². The molecule has 0 aliphatic heterocycles. The van der Waals surface area contributed by atoms with Crippen molar-refractivity contribution in [1.82, 2.24) is 14.8 Å². The molecule has 3 aromatic rings. The molecule has 0 fully saturated rings. The lowest BCUT2D eigenvalue weighted by Gasteiger charge is -2.08. The third-order valence-electron chi connectivity index (χ3n) is 4.43. The third kappa shape index (κ3) is 5.19. The van der Waals surface area contributed by atoms with Gasteiger partial charge in [-0.1, -0.05) is 17.8 Å². The summed E-state index contributed by atoms with van der Waals surface area (Å²) in [6.07, 6.45) is 0. The lowest BCUT2D eigenvalue weighted by Crippen LogP contribution is -2.16. The Labute approximate surface area is 182 Å². The van der Waals surface area contributed by atoms with Crippen molar-refractivity contribution in [2.45, 2.75) is 25.6 Å². The lowest BCUT2D eigenvalue weighted by molar-refractivity contribution is -0.113. The van der Waals surface area contributed by atoms with Crippen molar-refractivity contribution in [3.8, 4) is 5.75 Å². The van der Waals surface area contributed by atoms with Gasteiger partial charge in [-0.05, 0) is 48.6 Å². The Bertz CT molecular complexity index is 1060. The normalized spacial score (nSPS) is 10.7. The highest BCUT2D eigenvalue weighted by atomic mass is 32.2. The first-order chi connectivity index (χ1) is 14.4. The maximum Gasteiger partial charge on any atom is 0.340 e. The van der Waals surface area contributed by atoms with E-state index >= 15 is 0 Å². The summed E-state index contributed by atoms with van der Waals surface area (Å²) in [6, 6.07) is 7.54. The standard InChI is InChI=1S/C20H22N4O4S2/c1-12-5-6-14(9-13(12)2)28-10-16-22-23-20(24(16)3)30-11-17(25)21-18-15(7-8-29-18)19(26)27-4/h5-9H,10-11H2,1-4H3,(H,21,25). The average molecular weight is 447 g/mol. The molecule has 158 valence electrons. The molecule has 0 saturated heterocycles. The Morgan fingerprint density at radius 2 is 2.00 bits per heavy atom. The summed E-state index contributed by atoms with van der Waals surface area (Å²) in [6.45, 7) is 4.36. The summed E-state index contributed by atoms with van der Waals surface area (Å²) in [5.41, 5.74) is 2.71. The molecule has 10 heteroatoms. The minimum Gasteiger partial charge on any atom is -0.486 e. The smallest absolute Gasteiger partial charge is 0.340 e. The van der Waals surface area contributed by atoms with E-state index in [-0.39, 0.29) is 18.3 Å². The number of hydrogen-bond donors (Lipinski definition) is 1. The molecule has 2 aromatic heterocycles. The molecule has 0 radical (unpaired) electrons. The van der Waals surface area contributed by atoms with Crippen LogP contribution in [0.1, 0.15) is 27.3 Å².